The van der Waals surface area contributed by atoms with Crippen LogP contribution in [0.1, 0.15) is 6.42 Å². The first-order valence-corrected chi connectivity index (χ1v) is 3.00. The topological polar surface area (TPSA) is 72.7 Å². The first kappa shape index (κ1) is 9.67. The van der Waals surface area contributed by atoms with Crippen molar-refractivity contribution in [3.05, 3.63) is 10.1 Å². The van der Waals surface area contributed by atoms with Crippen LogP contribution in [0.2, 0.25) is 0 Å². The number of nitrogens with zero attached hydrogens (tertiary/aromatic N) is 2. The van der Waals surface area contributed by atoms with Crippen LogP contribution in [0, 0.1) is 10.1 Å². The summed E-state index contributed by atoms with van der Waals surface area (Å²) in [7, 11) is 2.54. The number of esters is 1. The molecule has 0 aromatic rings. The molecular weight excluding hydrogens is 152 g/mol. The molecule has 0 unspecified atom stereocenters. The minimum Gasteiger partial charge on any atom is -0.469 e. The molecule has 0 radical (unpaired) electrons. The van der Waals surface area contributed by atoms with Crippen molar-refractivity contribution in [1.82, 2.24) is 5.01 Å². The number of carbonyl (C=O) groups excluding carboxylic acids is 1. The van der Waals surface area contributed by atoms with Crippen LogP contribution in [0.25, 0.3) is 0 Å². The molecule has 0 atom stereocenters. The number of rotatable bonds is 4. The Morgan fingerprint density at radius 3 is 2.64 bits per heavy atom. The van der Waals surface area contributed by atoms with Gasteiger partial charge in [0, 0.05) is 0 Å². The van der Waals surface area contributed by atoms with Crippen molar-refractivity contribution in [3.63, 3.8) is 0 Å². The molecule has 6 nitrogen and oxygen atoms in total. The summed E-state index contributed by atoms with van der Waals surface area (Å²) in [6.07, 6.45) is 0.0357. The third-order valence-corrected chi connectivity index (χ3v) is 1.15. The van der Waals surface area contributed by atoms with Crippen molar-refractivity contribution in [3.8, 4) is 0 Å². The second-order valence-electron chi connectivity index (χ2n) is 1.95. The second-order valence-corrected chi connectivity index (χ2v) is 1.95. The molecule has 0 heterocycles. The maximum Gasteiger partial charge on any atom is 0.307 e. The smallest absolute Gasteiger partial charge is 0.307 e. The lowest BCUT2D eigenvalue weighted by molar-refractivity contribution is -0.648. The zero-order valence-corrected chi connectivity index (χ0v) is 6.44. The van der Waals surface area contributed by atoms with Gasteiger partial charge in [-0.1, -0.05) is 0 Å². The minimum atomic E-state index is -0.580. The van der Waals surface area contributed by atoms with Crippen molar-refractivity contribution < 1.29 is 14.6 Å². The number of hydrazine groups is 1. The molecule has 0 aliphatic rings. The van der Waals surface area contributed by atoms with Gasteiger partial charge in [-0.2, -0.15) is 0 Å². The van der Waals surface area contributed by atoms with Crippen molar-refractivity contribution >= 4 is 5.97 Å². The molecule has 0 amide bonds. The van der Waals surface area contributed by atoms with Crippen molar-refractivity contribution in [2.45, 2.75) is 6.42 Å². The molecule has 64 valence electrons. The maximum absolute atomic E-state index is 10.5. The summed E-state index contributed by atoms with van der Waals surface area (Å²) in [6.45, 7) is 0.0691. The fourth-order valence-corrected chi connectivity index (χ4v) is 0.437. The Morgan fingerprint density at radius 2 is 2.27 bits per heavy atom. The fourth-order valence-electron chi connectivity index (χ4n) is 0.437. The summed E-state index contributed by atoms with van der Waals surface area (Å²) in [5.74, 6) is -0.446. The van der Waals surface area contributed by atoms with Gasteiger partial charge >= 0.3 is 5.97 Å². The molecule has 0 saturated heterocycles. The summed E-state index contributed by atoms with van der Waals surface area (Å²) in [6, 6.07) is 0. The van der Waals surface area contributed by atoms with E-state index in [9.17, 15) is 14.9 Å². The average Bonchev–Trinajstić information content (AvgIpc) is 1.99. The van der Waals surface area contributed by atoms with E-state index in [1.807, 2.05) is 0 Å². The number of ether oxygens (including phenoxy) is 1. The Balaban J connectivity index is 3.54. The number of hydrogen-bond acceptors (Lipinski definition) is 4. The molecule has 6 heteroatoms. The highest BCUT2D eigenvalue weighted by molar-refractivity contribution is 5.69. The quantitative estimate of drug-likeness (QED) is 0.321. The normalized spacial score (nSPS) is 8.91. The number of methoxy groups -OCH3 is 1. The van der Waals surface area contributed by atoms with Crippen LogP contribution in [0.15, 0.2) is 0 Å². The predicted molar refractivity (Wildman–Crippen MR) is 36.3 cm³/mol. The van der Waals surface area contributed by atoms with Crippen LogP contribution in [-0.2, 0) is 9.53 Å². The first-order valence-electron chi connectivity index (χ1n) is 3.00. The van der Waals surface area contributed by atoms with Crippen LogP contribution < -0.4 is 0 Å². The van der Waals surface area contributed by atoms with Gasteiger partial charge < -0.3 is 4.74 Å². The number of nitro groups is 1. The SMILES string of the molecule is COC(=O)CCN(C)[N+](=O)[O-]. The molecule has 0 saturated carbocycles. The highest BCUT2D eigenvalue weighted by atomic mass is 16.7. The molecule has 0 spiro atoms. The predicted octanol–water partition coefficient (Wildman–Crippen LogP) is -0.327. The van der Waals surface area contributed by atoms with E-state index < -0.39 is 11.0 Å². The van der Waals surface area contributed by atoms with E-state index in [0.717, 1.165) is 5.01 Å². The highest BCUT2D eigenvalue weighted by Gasteiger charge is 2.09. The molecule has 0 rings (SSSR count). The summed E-state index contributed by atoms with van der Waals surface area (Å²) >= 11 is 0. The Bertz CT molecular complexity index is 159. The summed E-state index contributed by atoms with van der Waals surface area (Å²) in [5, 5.41) is 10.2. The molecule has 0 aliphatic carbocycles. The van der Waals surface area contributed by atoms with E-state index >= 15 is 0 Å². The molecule has 0 aliphatic heterocycles. The molecule has 0 bridgehead atoms. The zero-order chi connectivity index (χ0) is 8.85. The van der Waals surface area contributed by atoms with Crippen molar-refractivity contribution in [1.29, 1.82) is 0 Å². The van der Waals surface area contributed by atoms with Gasteiger partial charge in [0.1, 0.15) is 0 Å². The largest absolute Gasteiger partial charge is 0.469 e. The fraction of sp³-hybridized carbons (Fsp3) is 0.800. The van der Waals surface area contributed by atoms with Crippen molar-refractivity contribution in [2.24, 2.45) is 0 Å². The number of carbonyl (C=O) groups is 1. The average molecular weight is 162 g/mol. The molecule has 0 aromatic heterocycles. The Morgan fingerprint density at radius 1 is 1.73 bits per heavy atom. The maximum atomic E-state index is 10.5. The van der Waals surface area contributed by atoms with E-state index in [2.05, 4.69) is 4.74 Å². The van der Waals surface area contributed by atoms with E-state index in [-0.39, 0.29) is 13.0 Å². The summed E-state index contributed by atoms with van der Waals surface area (Å²) in [4.78, 5) is 20.4. The van der Waals surface area contributed by atoms with E-state index in [4.69, 9.17) is 0 Å². The third kappa shape index (κ3) is 4.12. The van der Waals surface area contributed by atoms with Gasteiger partial charge in [-0.25, -0.2) is 10.1 Å². The van der Waals surface area contributed by atoms with Crippen LogP contribution in [-0.4, -0.2) is 36.7 Å². The summed E-state index contributed by atoms with van der Waals surface area (Å²) < 4.78 is 4.29. The van der Waals surface area contributed by atoms with Gasteiger partial charge in [-0.15, -0.1) is 5.01 Å². The second kappa shape index (κ2) is 4.48. The van der Waals surface area contributed by atoms with Gasteiger partial charge in [0.15, 0.2) is 5.03 Å². The lowest BCUT2D eigenvalue weighted by Gasteiger charge is -2.05. The van der Waals surface area contributed by atoms with E-state index in [1.54, 1.807) is 0 Å². The van der Waals surface area contributed by atoms with Crippen LogP contribution in [0.4, 0.5) is 0 Å². The van der Waals surface area contributed by atoms with Gasteiger partial charge in [0.05, 0.1) is 27.1 Å². The van der Waals surface area contributed by atoms with Gasteiger partial charge in [-0.3, -0.25) is 4.79 Å². The standard InChI is InChI=1S/C5H10N2O4/c1-6(7(9)10)4-3-5(8)11-2/h3-4H2,1-2H3. The monoisotopic (exact) mass is 162 g/mol. The molecule has 0 N–H and O–H groups in total. The van der Waals surface area contributed by atoms with E-state index in [0.29, 0.717) is 0 Å². The Kier molecular flexibility index (Phi) is 3.94. The van der Waals surface area contributed by atoms with Gasteiger partial charge in [-0.05, 0) is 0 Å². The number of hydrogen-bond donors (Lipinski definition) is 0. The zero-order valence-electron chi connectivity index (χ0n) is 6.44. The lowest BCUT2D eigenvalue weighted by atomic mass is 10.4. The molecular formula is C5H10N2O4. The third-order valence-electron chi connectivity index (χ3n) is 1.15. The van der Waals surface area contributed by atoms with Crippen LogP contribution in [0.5, 0.6) is 0 Å². The Labute approximate surface area is 63.9 Å². The minimum absolute atomic E-state index is 0.0357. The molecule has 0 aromatic carbocycles. The van der Waals surface area contributed by atoms with Gasteiger partial charge in [0.2, 0.25) is 0 Å². The van der Waals surface area contributed by atoms with Crippen LogP contribution >= 0.6 is 0 Å². The first-order chi connectivity index (χ1) is 5.07. The van der Waals surface area contributed by atoms with Crippen LogP contribution in [0.3, 0.4) is 0 Å². The molecule has 0 fully saturated rings. The lowest BCUT2D eigenvalue weighted by Crippen LogP contribution is -2.27. The van der Waals surface area contributed by atoms with E-state index in [1.165, 1.54) is 14.2 Å². The molecule has 11 heavy (non-hydrogen) atoms. The Hall–Kier alpha value is -1.33. The van der Waals surface area contributed by atoms with Gasteiger partial charge in [0.25, 0.3) is 0 Å². The highest BCUT2D eigenvalue weighted by Crippen LogP contribution is 1.88. The van der Waals surface area contributed by atoms with Crippen molar-refractivity contribution in [2.75, 3.05) is 20.7 Å². The summed E-state index contributed by atoms with van der Waals surface area (Å²) in [5.41, 5.74) is 0.